The number of aldehydes is 2. The number of hydrogen-bond acceptors (Lipinski definition) is 26. The summed E-state index contributed by atoms with van der Waals surface area (Å²) in [7, 11) is 3.57. The van der Waals surface area contributed by atoms with Gasteiger partial charge in [0.25, 0.3) is 29.5 Å². The number of ether oxygens (including phenoxy) is 6. The highest BCUT2D eigenvalue weighted by atomic mass is 127. The summed E-state index contributed by atoms with van der Waals surface area (Å²) in [5, 5.41) is 66.5. The van der Waals surface area contributed by atoms with Crippen LogP contribution in [0.1, 0.15) is 147 Å². The zero-order chi connectivity index (χ0) is 93.0. The highest BCUT2D eigenvalue weighted by Gasteiger charge is 2.30. The van der Waals surface area contributed by atoms with Crippen LogP contribution in [0.15, 0.2) is 194 Å². The van der Waals surface area contributed by atoms with Crippen molar-refractivity contribution in [3.05, 3.63) is 281 Å². The minimum absolute atomic E-state index is 0. The molecule has 0 aliphatic carbocycles. The van der Waals surface area contributed by atoms with E-state index in [2.05, 4.69) is 145 Å². The summed E-state index contributed by atoms with van der Waals surface area (Å²) in [6.07, 6.45) is 2.44. The third kappa shape index (κ3) is 41.1. The Hall–Kier alpha value is -12.4. The maximum absolute atomic E-state index is 12.4. The van der Waals surface area contributed by atoms with Crippen molar-refractivity contribution >= 4 is 95.0 Å². The molecule has 0 aromatic heterocycles. The van der Waals surface area contributed by atoms with E-state index in [0.29, 0.717) is 38.9 Å². The average Bonchev–Trinajstić information content (AvgIpc) is 0.867. The largest absolute Gasteiger partial charge is 0.467 e. The second kappa shape index (κ2) is 61.9. The first kappa shape index (κ1) is 111. The number of nitrogens with two attached hydrogens (primary N) is 1. The maximum atomic E-state index is 12.4. The van der Waals surface area contributed by atoms with Crippen molar-refractivity contribution in [2.45, 2.75) is 96.8 Å². The molecule has 8 aromatic carbocycles. The molecule has 8 aromatic rings. The number of halogens is 2. The van der Waals surface area contributed by atoms with Gasteiger partial charge >= 0.3 is 17.9 Å². The number of nitrogens with one attached hydrogen (secondary N) is 6. The van der Waals surface area contributed by atoms with Crippen molar-refractivity contribution in [1.29, 1.82) is 0 Å². The minimum atomic E-state index is -1.27. The third-order valence-electron chi connectivity index (χ3n) is 18.5. The van der Waals surface area contributed by atoms with Crippen LogP contribution >= 0.6 is 35.0 Å². The Kier molecular flexibility index (Phi) is 53.2. The van der Waals surface area contributed by atoms with Gasteiger partial charge in [-0.1, -0.05) is 97.4 Å². The Bertz CT molecular complexity index is 4860. The van der Waals surface area contributed by atoms with Crippen LogP contribution in [0, 0.1) is 51.4 Å². The van der Waals surface area contributed by atoms with E-state index >= 15 is 0 Å². The van der Waals surface area contributed by atoms with Gasteiger partial charge < -0.3 is 80.6 Å². The fourth-order valence-corrected chi connectivity index (χ4v) is 11.6. The van der Waals surface area contributed by atoms with E-state index in [1.54, 1.807) is 133 Å². The van der Waals surface area contributed by atoms with Crippen molar-refractivity contribution in [3.63, 3.8) is 0 Å². The molecule has 0 unspecified atom stereocenters. The lowest BCUT2D eigenvalue weighted by Gasteiger charge is -2.26. The summed E-state index contributed by atoms with van der Waals surface area (Å²) in [6.45, 7) is 18.1. The number of aliphatic hydroxyl groups is 4. The Morgan fingerprint density at radius 2 is 0.659 bits per heavy atom. The number of methoxy groups -OCH3 is 3. The Morgan fingerprint density at radius 3 is 0.884 bits per heavy atom. The molecular weight excluding hydrogens is 1790 g/mol. The van der Waals surface area contributed by atoms with Crippen molar-refractivity contribution < 1.29 is 107 Å². The van der Waals surface area contributed by atoms with Gasteiger partial charge in [0.15, 0.2) is 18.1 Å². The number of terminal acetylenes is 1. The van der Waals surface area contributed by atoms with Gasteiger partial charge in [0, 0.05) is 128 Å². The van der Waals surface area contributed by atoms with Gasteiger partial charge in [-0.25, -0.2) is 25.8 Å². The molecule has 0 bridgehead atoms. The van der Waals surface area contributed by atoms with Crippen LogP contribution in [0.5, 0.6) is 0 Å². The monoisotopic (exact) mass is 1900 g/mol. The molecule has 0 saturated carbocycles. The molecule has 33 heteroatoms. The lowest BCUT2D eigenvalue weighted by molar-refractivity contribution is -0.146. The molecule has 686 valence electrons. The predicted molar refractivity (Wildman–Crippen MR) is 494 cm³/mol. The number of carbonyl (C=O) groups is 10. The molecule has 14 N–H and O–H groups in total. The Labute approximate surface area is 771 Å². The van der Waals surface area contributed by atoms with Crippen molar-refractivity contribution in [2.75, 3.05) is 100 Å². The number of amides is 5. The number of rotatable bonds is 22. The number of carbonyl (C=O) groups excluding carboxylic acids is 10. The minimum Gasteiger partial charge on any atom is -0.467 e. The molecule has 3 heterocycles. The van der Waals surface area contributed by atoms with Gasteiger partial charge in [0.2, 0.25) is 0 Å². The van der Waals surface area contributed by atoms with E-state index in [-0.39, 0.29) is 19.8 Å². The van der Waals surface area contributed by atoms with Gasteiger partial charge in [-0.2, -0.15) is 0 Å². The summed E-state index contributed by atoms with van der Waals surface area (Å²) in [5.41, 5.74) is 12.0. The van der Waals surface area contributed by atoms with Crippen molar-refractivity contribution in [1.82, 2.24) is 41.9 Å². The molecule has 8 atom stereocenters. The van der Waals surface area contributed by atoms with Gasteiger partial charge in [0.05, 0.1) is 85.4 Å². The number of esters is 3. The molecule has 3 saturated heterocycles. The van der Waals surface area contributed by atoms with E-state index in [1.807, 2.05) is 36.4 Å². The van der Waals surface area contributed by atoms with Crippen LogP contribution in [0.4, 0.5) is 0 Å². The average molecular weight is 1910 g/mol. The second-order valence-electron chi connectivity index (χ2n) is 28.0. The Morgan fingerprint density at radius 1 is 0.419 bits per heavy atom. The SMILES string of the molecule is C.C#Cc1ccc(C(=O)N[C@H](C(=O)OC)[C@@H](C)O)cc1.C1COCCN1.COC(=O)[C@@H](NC(=O)c1ccc(C#Cc2ccc(C=O)cc2)cc1)[C@@H](C)O.COC(=O)[C@@H](NC(=O)c1ccc(C#Cc2ccc(CN3CCOCC3)cc2)cc1)[C@@H](C)O.C[C@@H](O)[C@H](NC(=O)c1ccc(C#Cc2ccc(CN3CCOCC3)cc2)cc1)C(=O)NO.Cl.NO.O=Cc1ccc(I)cc1. The predicted octanol–water partition coefficient (Wildman–Crippen LogP) is 6.45. The molecule has 0 spiro atoms. The zero-order valence-electron chi connectivity index (χ0n) is 71.7. The van der Waals surface area contributed by atoms with E-state index in [0.717, 1.165) is 142 Å². The summed E-state index contributed by atoms with van der Waals surface area (Å²) in [6, 6.07) is 52.1. The first-order valence-corrected chi connectivity index (χ1v) is 40.9. The van der Waals surface area contributed by atoms with Gasteiger partial charge in [-0.05, 0) is 207 Å². The summed E-state index contributed by atoms with van der Waals surface area (Å²) in [5.74, 6) is 19.2. The number of hydroxylamine groups is 1. The van der Waals surface area contributed by atoms with Crippen LogP contribution in [-0.2, 0) is 60.7 Å². The van der Waals surface area contributed by atoms with Crippen LogP contribution in [0.3, 0.4) is 0 Å². The van der Waals surface area contributed by atoms with Crippen LogP contribution < -0.4 is 38.0 Å². The number of aliphatic hydroxyl groups excluding tert-OH is 4. The number of benzene rings is 8. The lowest BCUT2D eigenvalue weighted by Crippen LogP contribution is -2.51. The number of hydrogen-bond donors (Lipinski definition) is 13. The van der Waals surface area contributed by atoms with E-state index < -0.39 is 96.0 Å². The van der Waals surface area contributed by atoms with Crippen LogP contribution in [0.25, 0.3) is 0 Å². The molecule has 3 aliphatic heterocycles. The molecule has 11 rings (SSSR count). The van der Waals surface area contributed by atoms with Crippen molar-refractivity contribution in [3.8, 4) is 47.9 Å². The Balaban J connectivity index is 0.000000419. The van der Waals surface area contributed by atoms with Gasteiger partial charge in [-0.15, -0.1) is 18.8 Å². The van der Waals surface area contributed by atoms with Gasteiger partial charge in [0.1, 0.15) is 18.6 Å². The highest BCUT2D eigenvalue weighted by molar-refractivity contribution is 14.1. The van der Waals surface area contributed by atoms with E-state index in [1.165, 1.54) is 65.6 Å². The molecule has 3 aliphatic rings. The second-order valence-corrected chi connectivity index (χ2v) is 29.2. The van der Waals surface area contributed by atoms with Gasteiger partial charge in [-0.3, -0.25) is 48.6 Å². The fraction of sp³-hybridized carbons (Fsp3) is 0.312. The summed E-state index contributed by atoms with van der Waals surface area (Å²) < 4.78 is 30.6. The number of nitrogens with zero attached hydrogens (tertiary/aromatic N) is 2. The highest BCUT2D eigenvalue weighted by Crippen LogP contribution is 2.16. The fourth-order valence-electron chi connectivity index (χ4n) is 11.3. The summed E-state index contributed by atoms with van der Waals surface area (Å²) in [4.78, 5) is 121. The van der Waals surface area contributed by atoms with E-state index in [9.17, 15) is 68.4 Å². The maximum Gasteiger partial charge on any atom is 0.331 e. The van der Waals surface area contributed by atoms with Crippen LogP contribution in [0.2, 0.25) is 0 Å². The molecule has 129 heavy (non-hydrogen) atoms. The molecule has 3 fully saturated rings. The molecule has 31 nitrogen and oxygen atoms in total. The standard InChI is InChI=1S/C25H28N2O5.C24H27N3O5.C21H19NO5.C14H15NO4.C7H5IO.C4H9NO.CH4.ClH.H3NO/c1-18(28)23(25(30)31-2)26-24(29)22-11-9-20(10-12-22)4-3-19-5-7-21(8-6-19)17-27-13-15-32-16-14-27;1-17(28)22(24(30)26-31)25-23(29)21-10-8-19(9-11-21)3-2-18-4-6-20(7-5-18)16-27-12-14-32-15-13-27;1-14(24)19(21(26)27-2)22-20(25)18-11-9-16(10-12-18)4-3-15-5-7-17(13-23)8-6-15;1-4-10-5-7-11(8-6-10)13(17)15-12(9(2)16)14(18)19-3;8-7-3-1-6(5-9)2-4-7;1-3-6-4-2-5-1;;;1-2/h5-12,18,23,28H,13-17H2,1-2H3,(H,26,29);4-11,17,22,28,31H,12-16H2,1H3,(H,25,29)(H,26,30);5-14,19,24H,1-2H3,(H,22,25);1,5-9,12,16H,2-3H3,(H,15,17);1-5H;5H,1-4H2;1H4;1H;2H,1H2/t18-,23+;17-,22+;14-,19+;9-,12+;;;;;/m1111...../s1. The zero-order valence-corrected chi connectivity index (χ0v) is 74.7. The van der Waals surface area contributed by atoms with Crippen LogP contribution in [-0.4, -0.2) is 249 Å². The van der Waals surface area contributed by atoms with Crippen molar-refractivity contribution in [2.24, 2.45) is 5.90 Å². The first-order valence-electron chi connectivity index (χ1n) is 39.8. The normalized spacial score (nSPS) is 14.0. The molecule has 0 radical (unpaired) electrons. The third-order valence-corrected chi connectivity index (χ3v) is 19.2. The smallest absolute Gasteiger partial charge is 0.331 e. The topological polar surface area (TPSA) is 452 Å². The quantitative estimate of drug-likeness (QED) is 0.00659. The lowest BCUT2D eigenvalue weighted by atomic mass is 10.1. The van der Waals surface area contributed by atoms with E-state index in [4.69, 9.17) is 31.0 Å². The first-order chi connectivity index (χ1) is 61.2. The summed E-state index contributed by atoms with van der Waals surface area (Å²) >= 11 is 2.20. The molecule has 5 amide bonds. The number of morpholine rings is 3. The molecular formula is C96H111ClIN9O22.